The van der Waals surface area contributed by atoms with Crippen LogP contribution in [0.1, 0.15) is 18.4 Å². The molecule has 1 aromatic rings. The maximum absolute atomic E-state index is 11.8. The first-order valence-electron chi connectivity index (χ1n) is 5.42. The smallest absolute Gasteiger partial charge is 0.246 e. The molecule has 1 heterocycles. The second-order valence-electron chi connectivity index (χ2n) is 4.11. The average molecular weight is 253 g/mol. The highest BCUT2D eigenvalue weighted by molar-refractivity contribution is 6.30. The van der Waals surface area contributed by atoms with E-state index in [4.69, 9.17) is 11.6 Å². The van der Waals surface area contributed by atoms with Crippen molar-refractivity contribution in [3.63, 3.8) is 0 Å². The number of hydrogen-bond donors (Lipinski definition) is 2. The molecule has 90 valence electrons. The lowest BCUT2D eigenvalue weighted by atomic mass is 10.1. The van der Waals surface area contributed by atoms with E-state index in [2.05, 4.69) is 10.6 Å². The first-order chi connectivity index (χ1) is 8.06. The minimum Gasteiger partial charge on any atom is -0.344 e. The Morgan fingerprint density at radius 3 is 2.88 bits per heavy atom. The molecule has 1 fully saturated rings. The van der Waals surface area contributed by atoms with Gasteiger partial charge in [0.1, 0.15) is 6.04 Å². The van der Waals surface area contributed by atoms with Gasteiger partial charge in [-0.15, -0.1) is 0 Å². The number of benzene rings is 1. The number of carbonyl (C=O) groups excluding carboxylic acids is 2. The zero-order valence-corrected chi connectivity index (χ0v) is 10.2. The summed E-state index contributed by atoms with van der Waals surface area (Å²) in [5.74, 6) is -0.251. The highest BCUT2D eigenvalue weighted by Crippen LogP contribution is 2.20. The van der Waals surface area contributed by atoms with E-state index in [0.717, 1.165) is 11.3 Å². The summed E-state index contributed by atoms with van der Waals surface area (Å²) < 4.78 is 0. The number of nitrogens with one attached hydrogen (secondary N) is 2. The van der Waals surface area contributed by atoms with Crippen LogP contribution in [0.15, 0.2) is 18.2 Å². The Bertz CT molecular complexity index is 474. The number of hydrogen-bond acceptors (Lipinski definition) is 2. The van der Waals surface area contributed by atoms with E-state index in [1.54, 1.807) is 18.2 Å². The molecule has 0 aromatic heterocycles. The van der Waals surface area contributed by atoms with Crippen LogP contribution < -0.4 is 10.6 Å². The van der Waals surface area contributed by atoms with E-state index >= 15 is 0 Å². The predicted molar refractivity (Wildman–Crippen MR) is 66.0 cm³/mol. The summed E-state index contributed by atoms with van der Waals surface area (Å²) in [7, 11) is 0. The van der Waals surface area contributed by atoms with Crippen molar-refractivity contribution in [2.75, 3.05) is 5.32 Å². The van der Waals surface area contributed by atoms with Crippen LogP contribution in [0.3, 0.4) is 0 Å². The Balaban J connectivity index is 2.05. The summed E-state index contributed by atoms with van der Waals surface area (Å²) in [4.78, 5) is 22.9. The molecule has 0 saturated carbocycles. The number of amides is 2. The topological polar surface area (TPSA) is 58.2 Å². The summed E-state index contributed by atoms with van der Waals surface area (Å²) in [6, 6.07) is 4.84. The van der Waals surface area contributed by atoms with Gasteiger partial charge < -0.3 is 10.6 Å². The van der Waals surface area contributed by atoms with Gasteiger partial charge in [-0.3, -0.25) is 9.59 Å². The zero-order valence-electron chi connectivity index (χ0n) is 9.42. The lowest BCUT2D eigenvalue weighted by Gasteiger charge is -2.12. The molecule has 4 nitrogen and oxygen atoms in total. The molecule has 2 rings (SSSR count). The quantitative estimate of drug-likeness (QED) is 0.844. The maximum Gasteiger partial charge on any atom is 0.246 e. The maximum atomic E-state index is 11.8. The number of anilines is 1. The van der Waals surface area contributed by atoms with Crippen molar-refractivity contribution in [3.8, 4) is 0 Å². The number of rotatable bonds is 2. The number of aryl methyl sites for hydroxylation is 1. The Morgan fingerprint density at radius 2 is 2.29 bits per heavy atom. The van der Waals surface area contributed by atoms with Gasteiger partial charge in [0.25, 0.3) is 0 Å². The number of carbonyl (C=O) groups is 2. The molecule has 0 unspecified atom stereocenters. The van der Waals surface area contributed by atoms with Crippen molar-refractivity contribution in [1.29, 1.82) is 0 Å². The van der Waals surface area contributed by atoms with Crippen molar-refractivity contribution in [1.82, 2.24) is 5.32 Å². The molecular formula is C12H13ClN2O2. The van der Waals surface area contributed by atoms with Gasteiger partial charge in [0, 0.05) is 17.1 Å². The normalized spacial score (nSPS) is 18.9. The van der Waals surface area contributed by atoms with E-state index in [9.17, 15) is 9.59 Å². The van der Waals surface area contributed by atoms with E-state index < -0.39 is 6.04 Å². The second kappa shape index (κ2) is 4.75. The molecule has 1 aliphatic heterocycles. The standard InChI is InChI=1S/C12H13ClN2O2/c1-7-6-8(13)2-3-9(7)15-12(17)10-4-5-11(16)14-10/h2-3,6,10H,4-5H2,1H3,(H,14,16)(H,15,17)/t10-/m1/s1. The summed E-state index contributed by atoms with van der Waals surface area (Å²) >= 11 is 5.83. The lowest BCUT2D eigenvalue weighted by molar-refractivity contribution is -0.122. The first kappa shape index (κ1) is 11.9. The van der Waals surface area contributed by atoms with Crippen molar-refractivity contribution in [2.45, 2.75) is 25.8 Å². The van der Waals surface area contributed by atoms with Crippen LogP contribution in [0.25, 0.3) is 0 Å². The third-order valence-corrected chi connectivity index (χ3v) is 2.99. The molecule has 1 aliphatic rings. The molecule has 2 N–H and O–H groups in total. The van der Waals surface area contributed by atoms with E-state index in [1.165, 1.54) is 0 Å². The van der Waals surface area contributed by atoms with Crippen LogP contribution in [-0.2, 0) is 9.59 Å². The fourth-order valence-corrected chi connectivity index (χ4v) is 2.02. The zero-order chi connectivity index (χ0) is 12.4. The third kappa shape index (κ3) is 2.77. The van der Waals surface area contributed by atoms with Gasteiger partial charge in [-0.2, -0.15) is 0 Å². The molecule has 0 radical (unpaired) electrons. The third-order valence-electron chi connectivity index (χ3n) is 2.76. The fourth-order valence-electron chi connectivity index (χ4n) is 1.80. The predicted octanol–water partition coefficient (Wildman–Crippen LogP) is 1.87. The molecule has 0 aliphatic carbocycles. The van der Waals surface area contributed by atoms with Crippen molar-refractivity contribution >= 4 is 29.1 Å². The SMILES string of the molecule is Cc1cc(Cl)ccc1NC(=O)[C@H]1CCC(=O)N1. The van der Waals surface area contributed by atoms with E-state index in [0.29, 0.717) is 17.9 Å². The molecule has 2 amide bonds. The van der Waals surface area contributed by atoms with E-state index in [1.807, 2.05) is 6.92 Å². The van der Waals surface area contributed by atoms with Gasteiger partial charge in [-0.25, -0.2) is 0 Å². The molecule has 1 aromatic carbocycles. The molecule has 0 bridgehead atoms. The van der Waals surface area contributed by atoms with Gasteiger partial charge in [-0.05, 0) is 37.1 Å². The van der Waals surface area contributed by atoms with Crippen LogP contribution in [0.2, 0.25) is 5.02 Å². The Hall–Kier alpha value is -1.55. The van der Waals surface area contributed by atoms with Crippen molar-refractivity contribution in [3.05, 3.63) is 28.8 Å². The molecule has 17 heavy (non-hydrogen) atoms. The number of halogens is 1. The van der Waals surface area contributed by atoms with Crippen LogP contribution in [0.4, 0.5) is 5.69 Å². The molecule has 1 saturated heterocycles. The minimum absolute atomic E-state index is 0.0713. The van der Waals surface area contributed by atoms with Crippen LogP contribution in [0, 0.1) is 6.92 Å². The lowest BCUT2D eigenvalue weighted by Crippen LogP contribution is -2.37. The van der Waals surface area contributed by atoms with Crippen molar-refractivity contribution in [2.24, 2.45) is 0 Å². The summed E-state index contributed by atoms with van der Waals surface area (Å²) in [5.41, 5.74) is 1.62. The summed E-state index contributed by atoms with van der Waals surface area (Å²) in [5, 5.41) is 6.05. The van der Waals surface area contributed by atoms with Gasteiger partial charge in [-0.1, -0.05) is 11.6 Å². The van der Waals surface area contributed by atoms with Gasteiger partial charge in [0.2, 0.25) is 11.8 Å². The minimum atomic E-state index is -0.419. The monoisotopic (exact) mass is 252 g/mol. The Kier molecular flexibility index (Phi) is 3.33. The largest absolute Gasteiger partial charge is 0.344 e. The summed E-state index contributed by atoms with van der Waals surface area (Å²) in [6.07, 6.45) is 0.967. The second-order valence-corrected chi connectivity index (χ2v) is 4.54. The fraction of sp³-hybridized carbons (Fsp3) is 0.333. The molecular weight excluding hydrogens is 240 g/mol. The highest BCUT2D eigenvalue weighted by atomic mass is 35.5. The Labute approximate surface area is 104 Å². The van der Waals surface area contributed by atoms with Gasteiger partial charge in [0.15, 0.2) is 0 Å². The molecule has 1 atom stereocenters. The van der Waals surface area contributed by atoms with Crippen LogP contribution in [-0.4, -0.2) is 17.9 Å². The highest BCUT2D eigenvalue weighted by Gasteiger charge is 2.27. The molecule has 0 spiro atoms. The Morgan fingerprint density at radius 1 is 1.53 bits per heavy atom. The molecule has 5 heteroatoms. The van der Waals surface area contributed by atoms with Gasteiger partial charge in [0.05, 0.1) is 0 Å². The van der Waals surface area contributed by atoms with Crippen molar-refractivity contribution < 1.29 is 9.59 Å². The van der Waals surface area contributed by atoms with Gasteiger partial charge >= 0.3 is 0 Å². The average Bonchev–Trinajstić information content (AvgIpc) is 2.69. The van der Waals surface area contributed by atoms with Crippen LogP contribution in [0.5, 0.6) is 0 Å². The van der Waals surface area contributed by atoms with Crippen LogP contribution >= 0.6 is 11.6 Å². The first-order valence-corrected chi connectivity index (χ1v) is 5.80. The van der Waals surface area contributed by atoms with E-state index in [-0.39, 0.29) is 11.8 Å². The summed E-state index contributed by atoms with van der Waals surface area (Å²) in [6.45, 7) is 1.87.